The molecule has 7 heteroatoms. The van der Waals surface area contributed by atoms with Crippen LogP contribution in [0.1, 0.15) is 22.8 Å². The first-order chi connectivity index (χ1) is 14.1. The molecule has 0 atom stereocenters. The van der Waals surface area contributed by atoms with Crippen molar-refractivity contribution in [2.24, 2.45) is 0 Å². The van der Waals surface area contributed by atoms with Gasteiger partial charge in [-0.05, 0) is 49.4 Å². The third-order valence-corrected chi connectivity index (χ3v) is 4.21. The number of nitrogens with zero attached hydrogens (tertiary/aromatic N) is 3. The van der Waals surface area contributed by atoms with Gasteiger partial charge in [0.05, 0.1) is 12.2 Å². The fraction of sp³-hybridized carbons (Fsp3) is 0.227. The predicted molar refractivity (Wildman–Crippen MR) is 115 cm³/mol. The second-order valence-corrected chi connectivity index (χ2v) is 6.55. The summed E-state index contributed by atoms with van der Waals surface area (Å²) in [6.07, 6.45) is 3.39. The molecule has 2 N–H and O–H groups in total. The second-order valence-electron chi connectivity index (χ2n) is 6.55. The lowest BCUT2D eigenvalue weighted by Crippen LogP contribution is -2.25. The van der Waals surface area contributed by atoms with Crippen molar-refractivity contribution in [1.82, 2.24) is 15.3 Å². The second kappa shape index (κ2) is 9.54. The minimum absolute atomic E-state index is 0.208. The van der Waals surface area contributed by atoms with E-state index >= 15 is 0 Å². The van der Waals surface area contributed by atoms with Gasteiger partial charge in [-0.25, -0.2) is 9.97 Å². The topological polar surface area (TPSA) is 79.4 Å². The average Bonchev–Trinajstić information content (AvgIpc) is 2.74. The number of nitrogens with one attached hydrogen (secondary N) is 2. The van der Waals surface area contributed by atoms with Gasteiger partial charge >= 0.3 is 0 Å². The van der Waals surface area contributed by atoms with Gasteiger partial charge in [0.1, 0.15) is 17.4 Å². The van der Waals surface area contributed by atoms with E-state index in [1.165, 1.54) is 0 Å². The normalized spacial score (nSPS) is 10.3. The van der Waals surface area contributed by atoms with Gasteiger partial charge in [0.2, 0.25) is 0 Å². The molecule has 0 spiro atoms. The van der Waals surface area contributed by atoms with Crippen LogP contribution in [0.4, 0.5) is 17.3 Å². The molecule has 3 aromatic rings. The number of benzene rings is 1. The largest absolute Gasteiger partial charge is 0.494 e. The molecule has 2 heterocycles. The Morgan fingerprint density at radius 1 is 1.03 bits per heavy atom. The molecule has 0 saturated heterocycles. The van der Waals surface area contributed by atoms with Crippen molar-refractivity contribution >= 4 is 23.2 Å². The number of ether oxygens (including phenoxy) is 1. The number of anilines is 3. The molecule has 0 bridgehead atoms. The van der Waals surface area contributed by atoms with E-state index < -0.39 is 0 Å². The highest BCUT2D eigenvalue weighted by Crippen LogP contribution is 2.22. The third kappa shape index (κ3) is 5.22. The zero-order chi connectivity index (χ0) is 20.6. The Balaban J connectivity index is 1.72. The number of amides is 1. The lowest BCUT2D eigenvalue weighted by molar-refractivity contribution is 0.0951. The molecule has 0 unspecified atom stereocenters. The summed E-state index contributed by atoms with van der Waals surface area (Å²) in [5.41, 5.74) is 2.23. The van der Waals surface area contributed by atoms with Crippen molar-refractivity contribution in [2.75, 3.05) is 30.9 Å². The Labute approximate surface area is 170 Å². The highest BCUT2D eigenvalue weighted by atomic mass is 16.5. The fourth-order valence-corrected chi connectivity index (χ4v) is 2.87. The molecule has 0 aliphatic rings. The molecular formula is C22H25N5O2. The number of aromatic nitrogens is 2. The molecule has 150 valence electrons. The predicted octanol–water partition coefficient (Wildman–Crippen LogP) is 3.61. The van der Waals surface area contributed by atoms with E-state index in [9.17, 15) is 4.79 Å². The molecule has 2 aromatic heterocycles. The first-order valence-electron chi connectivity index (χ1n) is 9.42. The van der Waals surface area contributed by atoms with Gasteiger partial charge in [-0.2, -0.15) is 0 Å². The maximum absolute atomic E-state index is 12.8. The molecular weight excluding hydrogens is 366 g/mol. The van der Waals surface area contributed by atoms with Crippen LogP contribution in [0.2, 0.25) is 0 Å². The van der Waals surface area contributed by atoms with Gasteiger partial charge in [-0.1, -0.05) is 6.07 Å². The quantitative estimate of drug-likeness (QED) is 0.611. The minimum atomic E-state index is -0.208. The molecule has 0 radical (unpaired) electrons. The zero-order valence-electron chi connectivity index (χ0n) is 16.8. The van der Waals surface area contributed by atoms with Gasteiger partial charge in [0.25, 0.3) is 5.91 Å². The van der Waals surface area contributed by atoms with Crippen molar-refractivity contribution in [1.29, 1.82) is 0 Å². The maximum atomic E-state index is 12.8. The summed E-state index contributed by atoms with van der Waals surface area (Å²) in [6.45, 7) is 2.93. The molecule has 0 aliphatic carbocycles. The summed E-state index contributed by atoms with van der Waals surface area (Å²) in [5, 5.41) is 6.16. The Bertz CT molecular complexity index is 957. The SMILES string of the molecule is CCOc1ccc(Nc2ncccc2C(=O)NCc2cccnc2N(C)C)cc1. The number of carbonyl (C=O) groups excluding carboxylic acids is 1. The first kappa shape index (κ1) is 20.1. The molecule has 1 aromatic carbocycles. The smallest absolute Gasteiger partial charge is 0.255 e. The number of hydrogen-bond donors (Lipinski definition) is 2. The van der Waals surface area contributed by atoms with Crippen molar-refractivity contribution in [3.05, 3.63) is 72.1 Å². The van der Waals surface area contributed by atoms with Crippen molar-refractivity contribution in [3.63, 3.8) is 0 Å². The zero-order valence-corrected chi connectivity index (χ0v) is 16.8. The Hall–Kier alpha value is -3.61. The van der Waals surface area contributed by atoms with Gasteiger partial charge < -0.3 is 20.3 Å². The first-order valence-corrected chi connectivity index (χ1v) is 9.42. The molecule has 0 aliphatic heterocycles. The van der Waals surface area contributed by atoms with E-state index in [1.807, 2.05) is 62.3 Å². The Morgan fingerprint density at radius 2 is 1.76 bits per heavy atom. The van der Waals surface area contributed by atoms with Gasteiger partial charge in [-0.3, -0.25) is 4.79 Å². The van der Waals surface area contributed by atoms with E-state index in [4.69, 9.17) is 4.74 Å². The third-order valence-electron chi connectivity index (χ3n) is 4.21. The summed E-state index contributed by atoms with van der Waals surface area (Å²) < 4.78 is 5.46. The van der Waals surface area contributed by atoms with E-state index in [0.717, 1.165) is 22.8 Å². The van der Waals surface area contributed by atoms with Gasteiger partial charge in [0, 0.05) is 44.3 Å². The van der Waals surface area contributed by atoms with Crippen LogP contribution in [0.5, 0.6) is 5.75 Å². The van der Waals surface area contributed by atoms with Crippen LogP contribution in [0.25, 0.3) is 0 Å². The van der Waals surface area contributed by atoms with Gasteiger partial charge in [0.15, 0.2) is 0 Å². The Kier molecular flexibility index (Phi) is 6.63. The summed E-state index contributed by atoms with van der Waals surface area (Å²) in [6, 6.07) is 14.8. The van der Waals surface area contributed by atoms with Crippen LogP contribution < -0.4 is 20.3 Å². The lowest BCUT2D eigenvalue weighted by atomic mass is 10.2. The Morgan fingerprint density at radius 3 is 2.48 bits per heavy atom. The van der Waals surface area contributed by atoms with Crippen LogP contribution in [-0.2, 0) is 6.54 Å². The monoisotopic (exact) mass is 391 g/mol. The van der Waals surface area contributed by atoms with Crippen molar-refractivity contribution in [2.45, 2.75) is 13.5 Å². The molecule has 29 heavy (non-hydrogen) atoms. The standard InChI is InChI=1S/C22H25N5O2/c1-4-29-18-11-9-17(10-12-18)26-20-19(8-6-13-23-20)22(28)25-15-16-7-5-14-24-21(16)27(2)3/h5-14H,4,15H2,1-3H3,(H,23,26)(H,25,28). The average molecular weight is 391 g/mol. The van der Waals surface area contributed by atoms with Crippen LogP contribution in [-0.4, -0.2) is 36.6 Å². The molecule has 1 amide bonds. The minimum Gasteiger partial charge on any atom is -0.494 e. The van der Waals surface area contributed by atoms with E-state index in [2.05, 4.69) is 20.6 Å². The highest BCUT2D eigenvalue weighted by Gasteiger charge is 2.14. The van der Waals surface area contributed by atoms with Crippen LogP contribution in [0.15, 0.2) is 60.9 Å². The number of pyridine rings is 2. The van der Waals surface area contributed by atoms with Crippen molar-refractivity contribution < 1.29 is 9.53 Å². The van der Waals surface area contributed by atoms with Crippen LogP contribution in [0, 0.1) is 0 Å². The van der Waals surface area contributed by atoms with Crippen LogP contribution in [0.3, 0.4) is 0 Å². The number of hydrogen-bond acceptors (Lipinski definition) is 6. The van der Waals surface area contributed by atoms with Gasteiger partial charge in [-0.15, -0.1) is 0 Å². The summed E-state index contributed by atoms with van der Waals surface area (Å²) in [5.74, 6) is 1.91. The molecule has 0 fully saturated rings. The summed E-state index contributed by atoms with van der Waals surface area (Å²) >= 11 is 0. The van der Waals surface area contributed by atoms with E-state index in [0.29, 0.717) is 24.5 Å². The number of rotatable bonds is 8. The highest BCUT2D eigenvalue weighted by molar-refractivity contribution is 5.99. The summed E-state index contributed by atoms with van der Waals surface area (Å²) in [7, 11) is 3.85. The summed E-state index contributed by atoms with van der Waals surface area (Å²) in [4.78, 5) is 23.4. The molecule has 3 rings (SSSR count). The maximum Gasteiger partial charge on any atom is 0.255 e. The van der Waals surface area contributed by atoms with E-state index in [-0.39, 0.29) is 5.91 Å². The van der Waals surface area contributed by atoms with E-state index in [1.54, 1.807) is 24.5 Å². The number of carbonyl (C=O) groups is 1. The van der Waals surface area contributed by atoms with Crippen molar-refractivity contribution in [3.8, 4) is 5.75 Å². The lowest BCUT2D eigenvalue weighted by Gasteiger charge is -2.16. The fourth-order valence-electron chi connectivity index (χ4n) is 2.87. The molecule has 7 nitrogen and oxygen atoms in total. The van der Waals surface area contributed by atoms with Crippen LogP contribution >= 0.6 is 0 Å². The molecule has 0 saturated carbocycles.